The van der Waals surface area contributed by atoms with E-state index in [1.165, 1.54) is 0 Å². The zero-order chi connectivity index (χ0) is 9.68. The fourth-order valence-corrected chi connectivity index (χ4v) is 1.02. The summed E-state index contributed by atoms with van der Waals surface area (Å²) in [6.07, 6.45) is 1.71. The summed E-state index contributed by atoms with van der Waals surface area (Å²) < 4.78 is 0. The molecule has 4 heteroatoms. The van der Waals surface area contributed by atoms with E-state index in [0.29, 0.717) is 5.95 Å². The Hall–Kier alpha value is -1.19. The second-order valence-electron chi connectivity index (χ2n) is 2.73. The number of rotatable bonds is 4. The minimum absolute atomic E-state index is 0.700. The van der Waals surface area contributed by atoms with Crippen LogP contribution < -0.4 is 5.32 Å². The van der Waals surface area contributed by atoms with Gasteiger partial charge < -0.3 is 5.32 Å². The van der Waals surface area contributed by atoms with Gasteiger partial charge in [-0.05, 0) is 6.92 Å². The van der Waals surface area contributed by atoms with E-state index >= 15 is 0 Å². The molecular formula is C9H16N4. The molecule has 1 aromatic rings. The summed E-state index contributed by atoms with van der Waals surface area (Å²) in [5, 5.41) is 3.09. The highest BCUT2D eigenvalue weighted by molar-refractivity contribution is 5.23. The van der Waals surface area contributed by atoms with Crippen molar-refractivity contribution in [2.45, 2.75) is 33.6 Å². The average molecular weight is 180 g/mol. The van der Waals surface area contributed by atoms with E-state index in [2.05, 4.69) is 20.3 Å². The predicted octanol–water partition coefficient (Wildman–Crippen LogP) is 1.43. The first kappa shape index (κ1) is 9.89. The van der Waals surface area contributed by atoms with Crippen molar-refractivity contribution in [2.24, 2.45) is 0 Å². The number of aryl methyl sites for hydroxylation is 2. The Balaban J connectivity index is 2.93. The first-order valence-electron chi connectivity index (χ1n) is 4.77. The molecule has 0 aliphatic carbocycles. The number of nitrogens with zero attached hydrogens (tertiary/aromatic N) is 3. The minimum atomic E-state index is 0.700. The summed E-state index contributed by atoms with van der Waals surface area (Å²) in [5.41, 5.74) is 0. The van der Waals surface area contributed by atoms with E-state index in [0.717, 1.165) is 31.0 Å². The van der Waals surface area contributed by atoms with E-state index in [1.807, 2.05) is 20.8 Å². The molecule has 0 aliphatic heterocycles. The predicted molar refractivity (Wildman–Crippen MR) is 52.7 cm³/mol. The second kappa shape index (κ2) is 4.74. The van der Waals surface area contributed by atoms with Crippen molar-refractivity contribution in [1.29, 1.82) is 0 Å². The fourth-order valence-electron chi connectivity index (χ4n) is 1.02. The lowest BCUT2D eigenvalue weighted by molar-refractivity contribution is 0.825. The van der Waals surface area contributed by atoms with Gasteiger partial charge in [0.25, 0.3) is 0 Å². The smallest absolute Gasteiger partial charge is 0.226 e. The van der Waals surface area contributed by atoms with Crippen molar-refractivity contribution < 1.29 is 0 Å². The molecule has 0 aromatic carbocycles. The molecule has 72 valence electrons. The van der Waals surface area contributed by atoms with Crippen LogP contribution in [0.5, 0.6) is 0 Å². The van der Waals surface area contributed by atoms with E-state index < -0.39 is 0 Å². The maximum Gasteiger partial charge on any atom is 0.226 e. The molecule has 1 aromatic heterocycles. The van der Waals surface area contributed by atoms with Crippen LogP contribution in [-0.4, -0.2) is 21.5 Å². The van der Waals surface area contributed by atoms with Gasteiger partial charge in [-0.3, -0.25) is 0 Å². The van der Waals surface area contributed by atoms with E-state index in [4.69, 9.17) is 0 Å². The summed E-state index contributed by atoms with van der Waals surface area (Å²) in [5.74, 6) is 2.43. The van der Waals surface area contributed by atoms with Crippen LogP contribution in [0.4, 0.5) is 5.95 Å². The molecule has 0 aliphatic rings. The van der Waals surface area contributed by atoms with Gasteiger partial charge in [-0.1, -0.05) is 13.8 Å². The monoisotopic (exact) mass is 180 g/mol. The molecule has 1 heterocycles. The lowest BCUT2D eigenvalue weighted by atomic mass is 10.4. The quantitative estimate of drug-likeness (QED) is 0.761. The van der Waals surface area contributed by atoms with Crippen molar-refractivity contribution in [3.8, 4) is 0 Å². The number of anilines is 1. The largest absolute Gasteiger partial charge is 0.354 e. The Bertz CT molecular complexity index is 250. The zero-order valence-corrected chi connectivity index (χ0v) is 8.46. The lowest BCUT2D eigenvalue weighted by Gasteiger charge is -2.04. The van der Waals surface area contributed by atoms with Crippen molar-refractivity contribution in [3.05, 3.63) is 11.6 Å². The van der Waals surface area contributed by atoms with Gasteiger partial charge in [-0.15, -0.1) is 0 Å². The highest BCUT2D eigenvalue weighted by atomic mass is 15.1. The van der Waals surface area contributed by atoms with E-state index in [1.54, 1.807) is 0 Å². The number of hydrogen-bond acceptors (Lipinski definition) is 4. The normalized spacial score (nSPS) is 10.1. The van der Waals surface area contributed by atoms with Crippen molar-refractivity contribution >= 4 is 5.95 Å². The SMILES string of the molecule is CCNc1nc(CC)nc(CC)n1. The first-order valence-corrected chi connectivity index (χ1v) is 4.77. The summed E-state index contributed by atoms with van der Waals surface area (Å²) in [6.45, 7) is 6.96. The average Bonchev–Trinajstić information content (AvgIpc) is 2.17. The van der Waals surface area contributed by atoms with Crippen LogP contribution in [0.15, 0.2) is 0 Å². The number of nitrogens with one attached hydrogen (secondary N) is 1. The van der Waals surface area contributed by atoms with Gasteiger partial charge in [0.05, 0.1) is 0 Å². The van der Waals surface area contributed by atoms with Gasteiger partial charge in [0.2, 0.25) is 5.95 Å². The molecule has 0 bridgehead atoms. The molecule has 13 heavy (non-hydrogen) atoms. The van der Waals surface area contributed by atoms with Gasteiger partial charge in [0, 0.05) is 19.4 Å². The second-order valence-corrected chi connectivity index (χ2v) is 2.73. The molecule has 1 N–H and O–H groups in total. The first-order chi connectivity index (χ1) is 6.30. The number of aromatic nitrogens is 3. The Morgan fingerprint density at radius 2 is 1.46 bits per heavy atom. The maximum absolute atomic E-state index is 4.29. The van der Waals surface area contributed by atoms with Crippen molar-refractivity contribution in [1.82, 2.24) is 15.0 Å². The molecule has 0 spiro atoms. The Morgan fingerprint density at radius 1 is 0.923 bits per heavy atom. The van der Waals surface area contributed by atoms with Gasteiger partial charge in [-0.2, -0.15) is 9.97 Å². The van der Waals surface area contributed by atoms with Crippen molar-refractivity contribution in [3.63, 3.8) is 0 Å². The summed E-state index contributed by atoms with van der Waals surface area (Å²) in [4.78, 5) is 12.8. The molecule has 1 rings (SSSR count). The van der Waals surface area contributed by atoms with Crippen molar-refractivity contribution in [2.75, 3.05) is 11.9 Å². The molecule has 4 nitrogen and oxygen atoms in total. The van der Waals surface area contributed by atoms with Crippen LogP contribution in [-0.2, 0) is 12.8 Å². The molecule has 0 radical (unpaired) electrons. The van der Waals surface area contributed by atoms with Gasteiger partial charge in [0.15, 0.2) is 0 Å². The summed E-state index contributed by atoms with van der Waals surface area (Å²) in [7, 11) is 0. The molecule has 0 fully saturated rings. The highest BCUT2D eigenvalue weighted by Crippen LogP contribution is 2.02. The van der Waals surface area contributed by atoms with Gasteiger partial charge in [0.1, 0.15) is 11.6 Å². The Kier molecular flexibility index (Phi) is 3.61. The molecule has 0 unspecified atom stereocenters. The van der Waals surface area contributed by atoms with Gasteiger partial charge >= 0.3 is 0 Å². The third-order valence-electron chi connectivity index (χ3n) is 1.70. The molecule has 0 atom stereocenters. The van der Waals surface area contributed by atoms with Crippen LogP contribution >= 0.6 is 0 Å². The van der Waals surface area contributed by atoms with Crippen LogP contribution in [0.2, 0.25) is 0 Å². The number of hydrogen-bond donors (Lipinski definition) is 1. The highest BCUT2D eigenvalue weighted by Gasteiger charge is 2.01. The molecule has 0 saturated heterocycles. The fraction of sp³-hybridized carbons (Fsp3) is 0.667. The standard InChI is InChI=1S/C9H16N4/c1-4-7-11-8(5-2)13-9(12-7)10-6-3/h4-6H2,1-3H3,(H,10,11,12,13). The third-order valence-corrected chi connectivity index (χ3v) is 1.70. The van der Waals surface area contributed by atoms with Crippen LogP contribution in [0, 0.1) is 0 Å². The minimum Gasteiger partial charge on any atom is -0.354 e. The van der Waals surface area contributed by atoms with E-state index in [-0.39, 0.29) is 0 Å². The van der Waals surface area contributed by atoms with Crippen LogP contribution in [0.3, 0.4) is 0 Å². The zero-order valence-electron chi connectivity index (χ0n) is 8.46. The topological polar surface area (TPSA) is 50.7 Å². The van der Waals surface area contributed by atoms with Crippen LogP contribution in [0.25, 0.3) is 0 Å². The Labute approximate surface area is 78.8 Å². The van der Waals surface area contributed by atoms with Gasteiger partial charge in [-0.25, -0.2) is 4.98 Å². The molecule has 0 saturated carbocycles. The molecular weight excluding hydrogens is 164 g/mol. The van der Waals surface area contributed by atoms with Crippen LogP contribution in [0.1, 0.15) is 32.4 Å². The molecule has 0 amide bonds. The lowest BCUT2D eigenvalue weighted by Crippen LogP contribution is -2.08. The third kappa shape index (κ3) is 2.65. The summed E-state index contributed by atoms with van der Waals surface area (Å²) >= 11 is 0. The maximum atomic E-state index is 4.29. The van der Waals surface area contributed by atoms with E-state index in [9.17, 15) is 0 Å². The Morgan fingerprint density at radius 3 is 1.85 bits per heavy atom. The summed E-state index contributed by atoms with van der Waals surface area (Å²) in [6, 6.07) is 0.